The van der Waals surface area contributed by atoms with Crippen molar-refractivity contribution >= 4 is 11.7 Å². The number of nitrogens with one attached hydrogen (secondary N) is 1. The lowest BCUT2D eigenvalue weighted by molar-refractivity contribution is 0.239. The van der Waals surface area contributed by atoms with E-state index in [1.165, 1.54) is 5.56 Å². The summed E-state index contributed by atoms with van der Waals surface area (Å²) in [5.41, 5.74) is 4.40. The Morgan fingerprint density at radius 3 is 2.96 bits per heavy atom. The van der Waals surface area contributed by atoms with Crippen molar-refractivity contribution in [3.8, 4) is 5.75 Å². The summed E-state index contributed by atoms with van der Waals surface area (Å²) < 4.78 is 5.61. The van der Waals surface area contributed by atoms with Gasteiger partial charge in [-0.2, -0.15) is 4.99 Å². The quantitative estimate of drug-likeness (QED) is 0.932. The molecule has 0 saturated heterocycles. The second-order valence-corrected chi connectivity index (χ2v) is 6.23. The molecule has 1 heterocycles. The zero-order chi connectivity index (χ0) is 16.5. The maximum atomic E-state index is 12.2. The third-order valence-corrected chi connectivity index (χ3v) is 4.80. The van der Waals surface area contributed by atoms with Crippen molar-refractivity contribution in [1.82, 2.24) is 5.32 Å². The average molecular weight is 320 g/mol. The van der Waals surface area contributed by atoms with E-state index in [-0.39, 0.29) is 18.0 Å². The van der Waals surface area contributed by atoms with E-state index in [0.717, 1.165) is 35.4 Å². The molecule has 2 aromatic rings. The van der Waals surface area contributed by atoms with E-state index in [9.17, 15) is 4.79 Å². The smallest absolute Gasteiger partial charge is 0.341 e. The highest BCUT2D eigenvalue weighted by Gasteiger charge is 2.37. The number of amides is 2. The Labute approximate surface area is 141 Å². The number of rotatable bonds is 3. The van der Waals surface area contributed by atoms with Gasteiger partial charge in [0.05, 0.1) is 18.4 Å². The van der Waals surface area contributed by atoms with E-state index in [0.29, 0.717) is 6.61 Å². The molecule has 0 aromatic heterocycles. The molecule has 0 fully saturated rings. The number of urea groups is 1. The van der Waals surface area contributed by atoms with Crippen molar-refractivity contribution in [1.29, 1.82) is 0 Å². The lowest BCUT2D eigenvalue weighted by Crippen LogP contribution is -2.43. The fourth-order valence-corrected chi connectivity index (χ4v) is 3.76. The Balaban J connectivity index is 1.74. The molecule has 4 nitrogen and oxygen atoms in total. The molecular weight excluding hydrogens is 300 g/mol. The van der Waals surface area contributed by atoms with Crippen LogP contribution in [0.15, 0.2) is 53.5 Å². The van der Waals surface area contributed by atoms with Gasteiger partial charge < -0.3 is 10.1 Å². The van der Waals surface area contributed by atoms with E-state index in [4.69, 9.17) is 4.74 Å². The van der Waals surface area contributed by atoms with E-state index in [1.807, 2.05) is 37.3 Å². The van der Waals surface area contributed by atoms with Crippen molar-refractivity contribution in [2.45, 2.75) is 25.8 Å². The maximum Gasteiger partial charge on any atom is 0.341 e. The number of benzene rings is 2. The lowest BCUT2D eigenvalue weighted by Gasteiger charge is -2.36. The second kappa shape index (κ2) is 6.11. The van der Waals surface area contributed by atoms with Gasteiger partial charge in [-0.25, -0.2) is 4.79 Å². The molecule has 1 aliphatic carbocycles. The molecule has 2 atom stereocenters. The van der Waals surface area contributed by atoms with Crippen LogP contribution in [0.2, 0.25) is 0 Å². The number of carbonyl (C=O) groups is 1. The molecule has 2 aliphatic rings. The highest BCUT2D eigenvalue weighted by molar-refractivity contribution is 6.11. The summed E-state index contributed by atoms with van der Waals surface area (Å²) in [6.45, 7) is 2.60. The molecule has 0 spiro atoms. The van der Waals surface area contributed by atoms with E-state index in [1.54, 1.807) is 0 Å². The zero-order valence-electron chi connectivity index (χ0n) is 13.7. The van der Waals surface area contributed by atoms with Crippen LogP contribution >= 0.6 is 0 Å². The molecule has 1 N–H and O–H groups in total. The molecular formula is C20H20N2O2. The first-order valence-electron chi connectivity index (χ1n) is 8.46. The van der Waals surface area contributed by atoms with Crippen LogP contribution in [0, 0.1) is 5.92 Å². The van der Waals surface area contributed by atoms with E-state index >= 15 is 0 Å². The first-order chi connectivity index (χ1) is 11.8. The number of aliphatic imine (C=N–C) groups is 1. The van der Waals surface area contributed by atoms with Crippen LogP contribution in [0.5, 0.6) is 5.75 Å². The van der Waals surface area contributed by atoms with E-state index in [2.05, 4.69) is 28.5 Å². The molecule has 1 aliphatic heterocycles. The molecule has 4 heteroatoms. The third kappa shape index (κ3) is 2.58. The van der Waals surface area contributed by atoms with Crippen LogP contribution in [0.4, 0.5) is 4.79 Å². The molecule has 0 saturated carbocycles. The van der Waals surface area contributed by atoms with Crippen LogP contribution in [0.25, 0.3) is 0 Å². The predicted octanol–water partition coefficient (Wildman–Crippen LogP) is 3.90. The van der Waals surface area contributed by atoms with Crippen LogP contribution in [-0.2, 0) is 6.42 Å². The first kappa shape index (κ1) is 14.9. The normalized spacial score (nSPS) is 22.0. The lowest BCUT2D eigenvalue weighted by atomic mass is 9.75. The van der Waals surface area contributed by atoms with Crippen LogP contribution < -0.4 is 10.1 Å². The Hall–Kier alpha value is -2.62. The van der Waals surface area contributed by atoms with Gasteiger partial charge in [0, 0.05) is 5.92 Å². The summed E-state index contributed by atoms with van der Waals surface area (Å²) in [6.07, 6.45) is 2.00. The van der Waals surface area contributed by atoms with Crippen molar-refractivity contribution < 1.29 is 9.53 Å². The molecule has 4 rings (SSSR count). The monoisotopic (exact) mass is 320 g/mol. The van der Waals surface area contributed by atoms with Crippen LogP contribution in [0.1, 0.15) is 36.1 Å². The van der Waals surface area contributed by atoms with Crippen molar-refractivity contribution in [2.75, 3.05) is 6.61 Å². The summed E-state index contributed by atoms with van der Waals surface area (Å²) in [6, 6.07) is 16.0. The largest absolute Gasteiger partial charge is 0.494 e. The van der Waals surface area contributed by atoms with Gasteiger partial charge in [0.25, 0.3) is 0 Å². The minimum atomic E-state index is -0.259. The second-order valence-electron chi connectivity index (χ2n) is 6.23. The molecule has 0 radical (unpaired) electrons. The van der Waals surface area contributed by atoms with Gasteiger partial charge in [-0.05, 0) is 48.6 Å². The van der Waals surface area contributed by atoms with Gasteiger partial charge in [-0.1, -0.05) is 36.4 Å². The number of ether oxygens (including phenoxy) is 1. The zero-order valence-corrected chi connectivity index (χ0v) is 13.7. The fourth-order valence-electron chi connectivity index (χ4n) is 3.76. The Bertz CT molecular complexity index is 813. The summed E-state index contributed by atoms with van der Waals surface area (Å²) in [7, 11) is 0. The molecule has 2 aromatic carbocycles. The highest BCUT2D eigenvalue weighted by Crippen LogP contribution is 2.37. The van der Waals surface area contributed by atoms with Crippen molar-refractivity contribution in [2.24, 2.45) is 10.9 Å². The maximum absolute atomic E-state index is 12.2. The Kier molecular flexibility index (Phi) is 3.81. The number of aryl methyl sites for hydroxylation is 1. The minimum absolute atomic E-state index is 0.0567. The number of hydrogen-bond acceptors (Lipinski definition) is 2. The summed E-state index contributed by atoms with van der Waals surface area (Å²) in [4.78, 5) is 16.5. The molecule has 0 bridgehead atoms. The minimum Gasteiger partial charge on any atom is -0.494 e. The SMILES string of the molecule is CCOc1cccc(C2NC(=O)N=C3c4ccccc4CCC32)c1. The molecule has 2 amide bonds. The van der Waals surface area contributed by atoms with Gasteiger partial charge in [-0.3, -0.25) is 0 Å². The molecule has 2 unspecified atom stereocenters. The number of carbonyl (C=O) groups excluding carboxylic acids is 1. The van der Waals surface area contributed by atoms with E-state index < -0.39 is 0 Å². The van der Waals surface area contributed by atoms with Crippen molar-refractivity contribution in [3.63, 3.8) is 0 Å². The summed E-state index contributed by atoms with van der Waals surface area (Å²) in [5, 5.41) is 3.05. The third-order valence-electron chi connectivity index (χ3n) is 4.80. The van der Waals surface area contributed by atoms with Crippen LogP contribution in [0.3, 0.4) is 0 Å². The first-order valence-corrected chi connectivity index (χ1v) is 8.46. The number of fused-ring (bicyclic) bond motifs is 3. The fraction of sp³-hybridized carbons (Fsp3) is 0.300. The van der Waals surface area contributed by atoms with Gasteiger partial charge >= 0.3 is 6.03 Å². The van der Waals surface area contributed by atoms with Gasteiger partial charge in [0.15, 0.2) is 0 Å². The highest BCUT2D eigenvalue weighted by atomic mass is 16.5. The number of hydrogen-bond donors (Lipinski definition) is 1. The van der Waals surface area contributed by atoms with Crippen LogP contribution in [-0.4, -0.2) is 18.3 Å². The van der Waals surface area contributed by atoms with Crippen molar-refractivity contribution in [3.05, 3.63) is 65.2 Å². The number of nitrogens with zero attached hydrogens (tertiary/aromatic N) is 1. The average Bonchev–Trinajstić information content (AvgIpc) is 2.61. The summed E-state index contributed by atoms with van der Waals surface area (Å²) >= 11 is 0. The standard InChI is InChI=1S/C20H20N2O2/c1-2-24-15-8-5-7-14(12-15)18-17-11-10-13-6-3-4-9-16(13)19(17)22-20(23)21-18/h3-9,12,17-18H,2,10-11H2,1H3,(H,21,23). The van der Waals surface area contributed by atoms with Gasteiger partial charge in [0.1, 0.15) is 5.75 Å². The van der Waals surface area contributed by atoms with Gasteiger partial charge in [-0.15, -0.1) is 0 Å². The predicted molar refractivity (Wildman–Crippen MR) is 93.7 cm³/mol. The Morgan fingerprint density at radius 2 is 2.08 bits per heavy atom. The topological polar surface area (TPSA) is 50.7 Å². The molecule has 24 heavy (non-hydrogen) atoms. The molecule has 122 valence electrons. The van der Waals surface area contributed by atoms with Gasteiger partial charge in [0.2, 0.25) is 0 Å². The Morgan fingerprint density at radius 1 is 1.21 bits per heavy atom. The summed E-state index contributed by atoms with van der Waals surface area (Å²) in [5.74, 6) is 1.04.